The summed E-state index contributed by atoms with van der Waals surface area (Å²) in [6.07, 6.45) is 1.47. The second-order valence-corrected chi connectivity index (χ2v) is 0. The minimum atomic E-state index is 0. The predicted molar refractivity (Wildman–Crippen MR) is 23.1 cm³/mol. The molecule has 0 bridgehead atoms. The summed E-state index contributed by atoms with van der Waals surface area (Å²) >= 11 is 4.64. The molecule has 0 radical (unpaired) electrons. The molecule has 0 aliphatic carbocycles. The van der Waals surface area contributed by atoms with Gasteiger partial charge in [-0.1, -0.05) is 13.8 Å². The summed E-state index contributed by atoms with van der Waals surface area (Å²) in [5.74, 6) is 0. The van der Waals surface area contributed by atoms with Crippen LogP contribution < -0.4 is 0 Å². The van der Waals surface area contributed by atoms with Gasteiger partial charge in [-0.05, 0) is 0 Å². The Morgan fingerprint density at radius 3 is 0.833 bits per heavy atom. The Labute approximate surface area is 105 Å². The van der Waals surface area contributed by atoms with Crippen molar-refractivity contribution in [2.45, 2.75) is 13.8 Å². The van der Waals surface area contributed by atoms with Crippen LogP contribution in [-0.2, 0) is 0 Å². The Morgan fingerprint density at radius 2 is 0.833 bits per heavy atom. The molecule has 0 aliphatic heterocycles. The zero-order chi connectivity index (χ0) is 4.00. The van der Waals surface area contributed by atoms with E-state index < -0.39 is 0 Å². The summed E-state index contributed by atoms with van der Waals surface area (Å²) < 4.78 is 0. The minimum absolute atomic E-state index is 0. The van der Waals surface area contributed by atoms with E-state index in [9.17, 15) is 0 Å². The third-order valence-electron chi connectivity index (χ3n) is 0. The molecule has 3 heteroatoms. The molecule has 0 saturated carbocycles. The molecule has 0 aliphatic rings. The zero-order valence-electron chi connectivity index (χ0n) is 4.09. The molecular weight excluding hydrogens is 151 g/mol. The van der Waals surface area contributed by atoms with E-state index in [0.29, 0.717) is 0 Å². The van der Waals surface area contributed by atoms with Gasteiger partial charge in [0, 0.05) is 81.9 Å². The maximum absolute atomic E-state index is 4.64. The van der Waals surface area contributed by atoms with E-state index in [1.807, 2.05) is 13.8 Å². The standard InChI is InChI=1S/C2H6.CH3Cl.2Ar/c2*1-2;;/h1-2H3;1H3;;. The van der Waals surface area contributed by atoms with E-state index in [1.54, 1.807) is 0 Å². The monoisotopic (exact) mass is 160 g/mol. The summed E-state index contributed by atoms with van der Waals surface area (Å²) in [5, 5.41) is 0. The van der Waals surface area contributed by atoms with Crippen molar-refractivity contribution in [3.63, 3.8) is 0 Å². The normalized spacial score (nSPS) is 2.00. The Hall–Kier alpha value is 2.81. The van der Waals surface area contributed by atoms with Crippen LogP contribution >= 0.6 is 11.6 Å². The molecule has 0 saturated heterocycles. The Morgan fingerprint density at radius 1 is 0.833 bits per heavy atom. The van der Waals surface area contributed by atoms with Gasteiger partial charge in [-0.2, -0.15) is 0 Å². The van der Waals surface area contributed by atoms with Crippen molar-refractivity contribution in [3.05, 3.63) is 0 Å². The van der Waals surface area contributed by atoms with Crippen LogP contribution in [0.3, 0.4) is 0 Å². The maximum Gasteiger partial charge on any atom is 0.0108 e. The SMILES string of the molecule is CC.CCl.[Ar].[Ar]. The van der Waals surface area contributed by atoms with E-state index in [-0.39, 0.29) is 75.5 Å². The molecule has 44 valence electrons. The topological polar surface area (TPSA) is 0 Å². The largest absolute Gasteiger partial charge is 0.130 e. The summed E-state index contributed by atoms with van der Waals surface area (Å²) in [5.41, 5.74) is 0. The van der Waals surface area contributed by atoms with Crippen LogP contribution in [0.25, 0.3) is 0 Å². The van der Waals surface area contributed by atoms with E-state index in [2.05, 4.69) is 11.6 Å². The van der Waals surface area contributed by atoms with Gasteiger partial charge in [0.25, 0.3) is 0 Å². The third kappa shape index (κ3) is 29.1. The van der Waals surface area contributed by atoms with E-state index >= 15 is 0 Å². The molecule has 0 aromatic carbocycles. The average molecular weight is 160 g/mol. The number of hydrogen-bond acceptors (Lipinski definition) is 0. The third-order valence-corrected chi connectivity index (χ3v) is 0. The maximum atomic E-state index is 4.64. The first kappa shape index (κ1) is 23.2. The first-order valence-corrected chi connectivity index (χ1v) is 2.13. The molecule has 6 heavy (non-hydrogen) atoms. The summed E-state index contributed by atoms with van der Waals surface area (Å²) in [4.78, 5) is 0. The number of halogens is 1. The van der Waals surface area contributed by atoms with Crippen LogP contribution in [0.5, 0.6) is 0 Å². The Bertz CT molecular complexity index is 8.75. The van der Waals surface area contributed by atoms with E-state index in [0.717, 1.165) is 0 Å². The smallest absolute Gasteiger partial charge is 0.0108 e. The average Bonchev–Trinajstić information content (AvgIpc) is 1.50. The van der Waals surface area contributed by atoms with Crippen LogP contribution in [0, 0.1) is 75.5 Å². The molecule has 0 rings (SSSR count). The molecule has 0 atom stereocenters. The summed E-state index contributed by atoms with van der Waals surface area (Å²) in [6, 6.07) is 0. The minimum Gasteiger partial charge on any atom is -0.130 e. The van der Waals surface area contributed by atoms with Gasteiger partial charge in [0.05, 0.1) is 0 Å². The van der Waals surface area contributed by atoms with E-state index in [4.69, 9.17) is 0 Å². The Kier molecular flexibility index (Phi) is 178. The zero-order valence-corrected chi connectivity index (χ0v) is 6.26. The molecular formula is C3H9Ar2Cl. The molecule has 0 fully saturated rings. The second-order valence-electron chi connectivity index (χ2n) is 0. The number of alkyl halides is 1. The van der Waals surface area contributed by atoms with Gasteiger partial charge >= 0.3 is 0 Å². The fourth-order valence-corrected chi connectivity index (χ4v) is 0. The van der Waals surface area contributed by atoms with Crippen molar-refractivity contribution in [2.24, 2.45) is 0 Å². The van der Waals surface area contributed by atoms with Crippen molar-refractivity contribution < 1.29 is 75.5 Å². The van der Waals surface area contributed by atoms with Crippen LogP contribution in [0.1, 0.15) is 13.8 Å². The summed E-state index contributed by atoms with van der Waals surface area (Å²) in [7, 11) is 0. The summed E-state index contributed by atoms with van der Waals surface area (Å²) in [6.45, 7) is 4.00. The molecule has 0 amide bonds. The fourth-order valence-electron chi connectivity index (χ4n) is 0. The van der Waals surface area contributed by atoms with Crippen LogP contribution in [0.4, 0.5) is 0 Å². The van der Waals surface area contributed by atoms with Gasteiger partial charge in [0.2, 0.25) is 0 Å². The van der Waals surface area contributed by atoms with Gasteiger partial charge in [-0.25, -0.2) is 0 Å². The van der Waals surface area contributed by atoms with Crippen molar-refractivity contribution in [3.8, 4) is 0 Å². The van der Waals surface area contributed by atoms with Crippen LogP contribution in [0.2, 0.25) is 0 Å². The van der Waals surface area contributed by atoms with E-state index in [1.165, 1.54) is 6.38 Å². The molecule has 0 spiro atoms. The van der Waals surface area contributed by atoms with Crippen LogP contribution in [-0.4, -0.2) is 6.38 Å². The Balaban J connectivity index is -0.00000000500. The van der Waals surface area contributed by atoms with Crippen molar-refractivity contribution in [1.82, 2.24) is 0 Å². The molecule has 0 unspecified atom stereocenters. The molecule has 0 heterocycles. The molecule has 0 aromatic heterocycles. The van der Waals surface area contributed by atoms with Crippen molar-refractivity contribution in [2.75, 3.05) is 6.38 Å². The van der Waals surface area contributed by atoms with Crippen molar-refractivity contribution >= 4 is 11.6 Å². The van der Waals surface area contributed by atoms with Gasteiger partial charge in [-0.3, -0.25) is 0 Å². The predicted octanol–water partition coefficient (Wildman–Crippen LogP) is 1.88. The van der Waals surface area contributed by atoms with Gasteiger partial charge < -0.3 is 0 Å². The second kappa shape index (κ2) is 45.9. The fraction of sp³-hybridized carbons (Fsp3) is 1.00. The molecule has 0 N–H and O–H groups in total. The van der Waals surface area contributed by atoms with Crippen LogP contribution in [0.15, 0.2) is 0 Å². The van der Waals surface area contributed by atoms with Crippen molar-refractivity contribution in [1.29, 1.82) is 0 Å². The first-order chi connectivity index (χ1) is 2.00. The van der Waals surface area contributed by atoms with Gasteiger partial charge in [-0.15, -0.1) is 11.6 Å². The molecule has 0 aromatic rings. The van der Waals surface area contributed by atoms with Gasteiger partial charge in [0.15, 0.2) is 0 Å². The quantitative estimate of drug-likeness (QED) is 0.475. The number of rotatable bonds is 0. The molecule has 0 nitrogen and oxygen atoms in total. The first-order valence-electron chi connectivity index (χ1n) is 1.38. The number of hydrogen-bond donors (Lipinski definition) is 0. The van der Waals surface area contributed by atoms with Gasteiger partial charge in [0.1, 0.15) is 0 Å².